The van der Waals surface area contributed by atoms with Crippen LogP contribution in [0.5, 0.6) is 0 Å². The largest absolute Gasteiger partial charge is 0.472 e. The van der Waals surface area contributed by atoms with Crippen molar-refractivity contribution in [2.75, 3.05) is 20.3 Å². The van der Waals surface area contributed by atoms with Gasteiger partial charge in [0, 0.05) is 20.0 Å². The lowest BCUT2D eigenvalue weighted by molar-refractivity contribution is -0.161. The first-order valence-electron chi connectivity index (χ1n) is 21.6. The molecule has 9 heteroatoms. The molecule has 0 bridgehead atoms. The van der Waals surface area contributed by atoms with Crippen molar-refractivity contribution < 1.29 is 37.6 Å². The van der Waals surface area contributed by atoms with E-state index in [2.05, 4.69) is 91.3 Å². The maximum absolute atomic E-state index is 12.5. The van der Waals surface area contributed by atoms with Gasteiger partial charge in [0.2, 0.25) is 0 Å². The third-order valence-electron chi connectivity index (χ3n) is 8.93. The summed E-state index contributed by atoms with van der Waals surface area (Å²) >= 11 is 0. The molecule has 0 aromatic carbocycles. The molecule has 0 amide bonds. The summed E-state index contributed by atoms with van der Waals surface area (Å²) in [6, 6.07) is 0. The van der Waals surface area contributed by atoms with Gasteiger partial charge in [-0.05, 0) is 83.5 Å². The minimum absolute atomic E-state index is 0.229. The molecule has 55 heavy (non-hydrogen) atoms. The predicted octanol–water partition coefficient (Wildman–Crippen LogP) is 13.7. The molecule has 8 nitrogen and oxygen atoms in total. The van der Waals surface area contributed by atoms with Crippen LogP contribution in [0.25, 0.3) is 0 Å². The monoisotopic (exact) mass is 791 g/mol. The molecule has 0 aromatic heterocycles. The van der Waals surface area contributed by atoms with Crippen LogP contribution < -0.4 is 0 Å². The number of phosphoric ester groups is 1. The second kappa shape index (κ2) is 41.1. The second-order valence-electron chi connectivity index (χ2n) is 14.1. The van der Waals surface area contributed by atoms with Crippen molar-refractivity contribution in [2.45, 2.75) is 187 Å². The van der Waals surface area contributed by atoms with E-state index in [1.54, 1.807) is 0 Å². The highest BCUT2D eigenvalue weighted by Gasteiger charge is 2.24. The Bertz CT molecular complexity index is 1120. The number of ether oxygens (including phenoxy) is 2. The van der Waals surface area contributed by atoms with E-state index in [0.717, 1.165) is 103 Å². The lowest BCUT2D eigenvalue weighted by Crippen LogP contribution is -2.29. The fourth-order valence-corrected chi connectivity index (χ4v) is 6.08. The molecule has 0 spiro atoms. The molecule has 1 N–H and O–H groups in total. The lowest BCUT2D eigenvalue weighted by atomic mass is 10.1. The Balaban J connectivity index is 4.04. The van der Waals surface area contributed by atoms with Crippen molar-refractivity contribution in [3.8, 4) is 0 Å². The molecular formula is C46H79O8P. The van der Waals surface area contributed by atoms with Crippen LogP contribution in [0.4, 0.5) is 0 Å². The molecule has 0 aliphatic rings. The highest BCUT2D eigenvalue weighted by atomic mass is 31.2. The number of carbonyl (C=O) groups excluding carboxylic acids is 2. The molecule has 0 saturated carbocycles. The summed E-state index contributed by atoms with van der Waals surface area (Å²) < 4.78 is 32.0. The average Bonchev–Trinajstić information content (AvgIpc) is 3.18. The highest BCUT2D eigenvalue weighted by molar-refractivity contribution is 7.47. The van der Waals surface area contributed by atoms with Gasteiger partial charge in [-0.15, -0.1) is 0 Å². The Morgan fingerprint density at radius 2 is 0.927 bits per heavy atom. The van der Waals surface area contributed by atoms with Crippen LogP contribution in [0.15, 0.2) is 72.9 Å². The van der Waals surface area contributed by atoms with Crippen molar-refractivity contribution >= 4 is 19.8 Å². The zero-order chi connectivity index (χ0) is 40.3. The molecule has 0 aliphatic heterocycles. The van der Waals surface area contributed by atoms with E-state index < -0.39 is 26.5 Å². The van der Waals surface area contributed by atoms with Crippen LogP contribution in [0.2, 0.25) is 0 Å². The van der Waals surface area contributed by atoms with Crippen LogP contribution in [0.1, 0.15) is 181 Å². The fourth-order valence-electron chi connectivity index (χ4n) is 5.62. The van der Waals surface area contributed by atoms with Gasteiger partial charge < -0.3 is 14.4 Å². The minimum Gasteiger partial charge on any atom is -0.462 e. The van der Waals surface area contributed by atoms with Crippen LogP contribution in [-0.2, 0) is 32.7 Å². The average molecular weight is 791 g/mol. The zero-order valence-electron chi connectivity index (χ0n) is 35.1. The molecule has 0 radical (unpaired) electrons. The van der Waals surface area contributed by atoms with Crippen LogP contribution >= 0.6 is 7.82 Å². The predicted molar refractivity (Wildman–Crippen MR) is 230 cm³/mol. The minimum atomic E-state index is -4.27. The summed E-state index contributed by atoms with van der Waals surface area (Å²) in [5.41, 5.74) is 0. The summed E-state index contributed by atoms with van der Waals surface area (Å²) in [6.45, 7) is 3.73. The zero-order valence-corrected chi connectivity index (χ0v) is 36.0. The molecule has 0 fully saturated rings. The molecule has 0 aromatic rings. The summed E-state index contributed by atoms with van der Waals surface area (Å²) in [6.07, 6.45) is 52.3. The van der Waals surface area contributed by atoms with E-state index in [-0.39, 0.29) is 25.4 Å². The first-order chi connectivity index (χ1) is 26.8. The second-order valence-corrected chi connectivity index (χ2v) is 15.7. The van der Waals surface area contributed by atoms with Gasteiger partial charge in [0.05, 0.1) is 6.61 Å². The maximum atomic E-state index is 12.5. The van der Waals surface area contributed by atoms with Crippen molar-refractivity contribution in [2.24, 2.45) is 0 Å². The number of allylic oxidation sites excluding steroid dienone is 12. The number of phosphoric acid groups is 1. The Kier molecular flexibility index (Phi) is 39.3. The number of unbranched alkanes of at least 4 members (excludes halogenated alkanes) is 16. The molecule has 0 rings (SSSR count). The molecule has 0 heterocycles. The normalized spacial score (nSPS) is 14.0. The maximum Gasteiger partial charge on any atom is 0.472 e. The van der Waals surface area contributed by atoms with Crippen LogP contribution in [-0.4, -0.2) is 43.3 Å². The van der Waals surface area contributed by atoms with E-state index in [1.165, 1.54) is 51.4 Å². The fraction of sp³-hybridized carbons (Fsp3) is 0.696. The van der Waals surface area contributed by atoms with Crippen molar-refractivity contribution in [1.29, 1.82) is 0 Å². The smallest absolute Gasteiger partial charge is 0.462 e. The molecular weight excluding hydrogens is 711 g/mol. The number of carbonyl (C=O) groups is 2. The number of hydrogen-bond donors (Lipinski definition) is 1. The molecule has 2 unspecified atom stereocenters. The van der Waals surface area contributed by atoms with E-state index in [0.29, 0.717) is 6.42 Å². The Labute approximate surface area is 336 Å². The first-order valence-corrected chi connectivity index (χ1v) is 23.1. The van der Waals surface area contributed by atoms with Gasteiger partial charge in [0.1, 0.15) is 6.61 Å². The van der Waals surface area contributed by atoms with Crippen molar-refractivity contribution in [3.63, 3.8) is 0 Å². The van der Waals surface area contributed by atoms with Crippen molar-refractivity contribution in [1.82, 2.24) is 0 Å². The van der Waals surface area contributed by atoms with Gasteiger partial charge >= 0.3 is 19.8 Å². The Morgan fingerprint density at radius 1 is 0.527 bits per heavy atom. The van der Waals surface area contributed by atoms with E-state index in [4.69, 9.17) is 14.0 Å². The Morgan fingerprint density at radius 3 is 1.38 bits per heavy atom. The van der Waals surface area contributed by atoms with Crippen molar-refractivity contribution in [3.05, 3.63) is 72.9 Å². The molecule has 2 atom stereocenters. The number of esters is 2. The lowest BCUT2D eigenvalue weighted by Gasteiger charge is -2.19. The Hall–Kier alpha value is -2.51. The van der Waals surface area contributed by atoms with Gasteiger partial charge in [0.25, 0.3) is 0 Å². The molecule has 0 aliphatic carbocycles. The topological polar surface area (TPSA) is 108 Å². The van der Waals surface area contributed by atoms with E-state index in [1.807, 2.05) is 0 Å². The first kappa shape index (κ1) is 52.5. The van der Waals surface area contributed by atoms with Crippen LogP contribution in [0, 0.1) is 0 Å². The standard InChI is InChI=1S/C46H79O8P/c1-4-6-8-10-12-14-16-18-20-21-22-23-24-25-27-29-31-33-35-37-39-41-46(48)54-44(43-53-55(49,50)51-3)42-52-45(47)40-38-36-34-32-30-28-26-19-17-15-13-11-9-7-5-2/h6,8,12-15,18-20,22-23,26,44H,4-5,7,9-11,16-17,21,24-25,27-43H2,1-3H3,(H,49,50)/b8-6-,14-12-,15-13-,20-18-,23-22-,26-19-. The number of rotatable bonds is 39. The van der Waals surface area contributed by atoms with E-state index >= 15 is 0 Å². The summed E-state index contributed by atoms with van der Waals surface area (Å²) in [5, 5.41) is 0. The van der Waals surface area contributed by atoms with Crippen LogP contribution in [0.3, 0.4) is 0 Å². The van der Waals surface area contributed by atoms with E-state index in [9.17, 15) is 19.0 Å². The summed E-state index contributed by atoms with van der Waals surface area (Å²) in [5.74, 6) is -0.834. The van der Waals surface area contributed by atoms with Gasteiger partial charge in [0.15, 0.2) is 6.10 Å². The van der Waals surface area contributed by atoms with Gasteiger partial charge in [-0.2, -0.15) is 0 Å². The highest BCUT2D eigenvalue weighted by Crippen LogP contribution is 2.42. The summed E-state index contributed by atoms with van der Waals surface area (Å²) in [4.78, 5) is 34.5. The quantitative estimate of drug-likeness (QED) is 0.0284. The number of hydrogen-bond acceptors (Lipinski definition) is 7. The summed E-state index contributed by atoms with van der Waals surface area (Å²) in [7, 11) is -3.22. The van der Waals surface area contributed by atoms with Gasteiger partial charge in [-0.1, -0.05) is 157 Å². The third-order valence-corrected chi connectivity index (χ3v) is 9.87. The molecule has 0 saturated heterocycles. The van der Waals surface area contributed by atoms with Gasteiger partial charge in [-0.3, -0.25) is 18.6 Å². The van der Waals surface area contributed by atoms with Gasteiger partial charge in [-0.25, -0.2) is 4.57 Å². The molecule has 316 valence electrons. The SMILES string of the molecule is CC/C=C\C/C=C\C/C=C\C/C=C\CCCCCCCCCCC(=O)OC(COC(=O)CCCCCCC/C=C\C/C=C\CCCCC)COP(=O)(O)OC. The third kappa shape index (κ3) is 41.0.